The topological polar surface area (TPSA) is 93.7 Å². The van der Waals surface area contributed by atoms with Crippen LogP contribution in [-0.4, -0.2) is 35.8 Å². The van der Waals surface area contributed by atoms with E-state index in [1.54, 1.807) is 51.1 Å². The molecule has 11 heteroatoms. The normalized spacial score (nSPS) is 13.3. The number of halogens is 4. The number of benzene rings is 2. The van der Waals surface area contributed by atoms with Gasteiger partial charge in [0.2, 0.25) is 5.91 Å². The molecule has 0 heterocycles. The van der Waals surface area contributed by atoms with Crippen molar-refractivity contribution in [3.63, 3.8) is 0 Å². The zero-order valence-corrected chi connectivity index (χ0v) is 20.9. The van der Waals surface area contributed by atoms with Gasteiger partial charge in [0.25, 0.3) is 0 Å². The molecular weight excluding hydrogens is 496 g/mol. The second kappa shape index (κ2) is 12.6. The first-order chi connectivity index (χ1) is 17.2. The van der Waals surface area contributed by atoms with Crippen LogP contribution in [0.5, 0.6) is 0 Å². The van der Waals surface area contributed by atoms with E-state index in [4.69, 9.17) is 9.47 Å². The Balaban J connectivity index is 2.11. The minimum absolute atomic E-state index is 0.0289. The van der Waals surface area contributed by atoms with Gasteiger partial charge in [0.05, 0.1) is 11.6 Å². The highest BCUT2D eigenvalue weighted by Crippen LogP contribution is 2.29. The van der Waals surface area contributed by atoms with Gasteiger partial charge in [0.15, 0.2) is 0 Å². The van der Waals surface area contributed by atoms with E-state index in [-0.39, 0.29) is 19.4 Å². The summed E-state index contributed by atoms with van der Waals surface area (Å²) in [6.45, 7) is 5.62. The molecule has 0 spiro atoms. The quantitative estimate of drug-likeness (QED) is 0.331. The number of anilines is 1. The first kappa shape index (κ1) is 29.6. The molecule has 0 saturated heterocycles. The molecule has 2 unspecified atom stereocenters. The lowest BCUT2D eigenvalue weighted by Crippen LogP contribution is -2.52. The SMILES string of the molecule is CC(C(NC(=O)OCc1ccccc1)C(=O)Nc1cc(CCC(=O)OC(C)(C)C)ccc1F)C(F)(F)F. The van der Waals surface area contributed by atoms with Crippen molar-refractivity contribution in [2.24, 2.45) is 5.92 Å². The van der Waals surface area contributed by atoms with Crippen LogP contribution in [0.15, 0.2) is 48.5 Å². The van der Waals surface area contributed by atoms with Gasteiger partial charge < -0.3 is 20.1 Å². The molecule has 0 aliphatic heterocycles. The number of nitrogens with one attached hydrogen (secondary N) is 2. The van der Waals surface area contributed by atoms with Crippen LogP contribution < -0.4 is 10.6 Å². The average Bonchev–Trinajstić information content (AvgIpc) is 2.80. The van der Waals surface area contributed by atoms with E-state index in [2.05, 4.69) is 5.32 Å². The fraction of sp³-hybridized carbons (Fsp3) is 0.423. The predicted octanol–water partition coefficient (Wildman–Crippen LogP) is 5.53. The Bertz CT molecular complexity index is 1080. The minimum Gasteiger partial charge on any atom is -0.460 e. The average molecular weight is 527 g/mol. The molecule has 2 aromatic carbocycles. The third kappa shape index (κ3) is 10.1. The van der Waals surface area contributed by atoms with Gasteiger partial charge in [-0.3, -0.25) is 9.59 Å². The lowest BCUT2D eigenvalue weighted by Gasteiger charge is -2.26. The molecular formula is C26H30F4N2O5. The summed E-state index contributed by atoms with van der Waals surface area (Å²) in [5.74, 6) is -4.99. The maximum Gasteiger partial charge on any atom is 0.408 e. The molecule has 2 aromatic rings. The van der Waals surface area contributed by atoms with E-state index >= 15 is 0 Å². The molecule has 2 amide bonds. The summed E-state index contributed by atoms with van der Waals surface area (Å²) in [5, 5.41) is 4.04. The first-order valence-electron chi connectivity index (χ1n) is 11.5. The van der Waals surface area contributed by atoms with Crippen molar-refractivity contribution < 1.29 is 41.4 Å². The molecule has 0 aliphatic carbocycles. The molecule has 0 fully saturated rings. The van der Waals surface area contributed by atoms with E-state index in [1.807, 2.05) is 5.32 Å². The van der Waals surface area contributed by atoms with Crippen LogP contribution in [0.3, 0.4) is 0 Å². The number of alkyl carbamates (subject to hydrolysis) is 1. The number of carbonyl (C=O) groups excluding carboxylic acids is 3. The van der Waals surface area contributed by atoms with Crippen LogP contribution >= 0.6 is 0 Å². The van der Waals surface area contributed by atoms with Crippen LogP contribution in [-0.2, 0) is 32.1 Å². The van der Waals surface area contributed by atoms with Crippen molar-refractivity contribution in [1.82, 2.24) is 5.32 Å². The van der Waals surface area contributed by atoms with Crippen molar-refractivity contribution in [3.8, 4) is 0 Å². The highest BCUT2D eigenvalue weighted by molar-refractivity contribution is 5.97. The summed E-state index contributed by atoms with van der Waals surface area (Å²) in [4.78, 5) is 36.9. The van der Waals surface area contributed by atoms with Gasteiger partial charge in [-0.2, -0.15) is 13.2 Å². The molecule has 0 aliphatic rings. The Hall–Kier alpha value is -3.63. The zero-order chi connectivity index (χ0) is 27.8. The Morgan fingerprint density at radius 1 is 0.973 bits per heavy atom. The monoisotopic (exact) mass is 526 g/mol. The number of rotatable bonds is 9. The number of ether oxygens (including phenoxy) is 2. The summed E-state index contributed by atoms with van der Waals surface area (Å²) >= 11 is 0. The number of hydrogen-bond donors (Lipinski definition) is 2. The largest absolute Gasteiger partial charge is 0.460 e. The molecule has 0 saturated carbocycles. The standard InChI is InChI=1S/C26H30F4N2O5/c1-16(26(28,29)30)22(32-24(35)36-15-18-8-6-5-7-9-18)23(34)31-20-14-17(10-12-19(20)27)11-13-21(33)37-25(2,3)4/h5-10,12,14,16,22H,11,13,15H2,1-4H3,(H,31,34)(H,32,35). The van der Waals surface area contributed by atoms with Crippen molar-refractivity contribution >= 4 is 23.7 Å². The van der Waals surface area contributed by atoms with E-state index in [1.165, 1.54) is 12.1 Å². The summed E-state index contributed by atoms with van der Waals surface area (Å²) < 4.78 is 64.9. The van der Waals surface area contributed by atoms with Crippen LogP contribution in [0.4, 0.5) is 28.0 Å². The molecule has 7 nitrogen and oxygen atoms in total. The fourth-order valence-corrected chi connectivity index (χ4v) is 3.17. The number of alkyl halides is 3. The van der Waals surface area contributed by atoms with Crippen LogP contribution in [0.1, 0.15) is 45.2 Å². The number of aryl methyl sites for hydroxylation is 1. The Morgan fingerprint density at radius 3 is 2.22 bits per heavy atom. The number of esters is 1. The molecule has 2 N–H and O–H groups in total. The van der Waals surface area contributed by atoms with Crippen LogP contribution in [0.2, 0.25) is 0 Å². The molecule has 2 rings (SSSR count). The summed E-state index contributed by atoms with van der Waals surface area (Å²) in [5.41, 5.74) is -0.0464. The second-order valence-electron chi connectivity index (χ2n) is 9.40. The second-order valence-corrected chi connectivity index (χ2v) is 9.40. The highest BCUT2D eigenvalue weighted by atomic mass is 19.4. The van der Waals surface area contributed by atoms with Crippen molar-refractivity contribution in [2.75, 3.05) is 5.32 Å². The van der Waals surface area contributed by atoms with Crippen molar-refractivity contribution in [2.45, 2.75) is 65.0 Å². The summed E-state index contributed by atoms with van der Waals surface area (Å²) in [6, 6.07) is 9.91. The van der Waals surface area contributed by atoms with Crippen molar-refractivity contribution in [1.29, 1.82) is 0 Å². The first-order valence-corrected chi connectivity index (χ1v) is 11.5. The maximum absolute atomic E-state index is 14.4. The Kier molecular flexibility index (Phi) is 10.0. The Morgan fingerprint density at radius 2 is 1.62 bits per heavy atom. The molecule has 2 atom stereocenters. The third-order valence-electron chi connectivity index (χ3n) is 5.11. The van der Waals surface area contributed by atoms with E-state index in [0.29, 0.717) is 11.1 Å². The van der Waals surface area contributed by atoms with Crippen LogP contribution in [0.25, 0.3) is 0 Å². The minimum atomic E-state index is -4.84. The zero-order valence-electron chi connectivity index (χ0n) is 20.9. The van der Waals surface area contributed by atoms with E-state index in [9.17, 15) is 31.9 Å². The van der Waals surface area contributed by atoms with Gasteiger partial charge >= 0.3 is 18.2 Å². The molecule has 0 radical (unpaired) electrons. The highest BCUT2D eigenvalue weighted by Gasteiger charge is 2.45. The Labute approximate surface area is 212 Å². The summed E-state index contributed by atoms with van der Waals surface area (Å²) in [7, 11) is 0. The van der Waals surface area contributed by atoms with Gasteiger partial charge in [-0.15, -0.1) is 0 Å². The van der Waals surface area contributed by atoms with E-state index in [0.717, 1.165) is 13.0 Å². The lowest BCUT2D eigenvalue weighted by molar-refractivity contribution is -0.178. The van der Waals surface area contributed by atoms with Crippen molar-refractivity contribution in [3.05, 3.63) is 65.5 Å². The maximum atomic E-state index is 14.4. The van der Waals surface area contributed by atoms with Gasteiger partial charge in [-0.1, -0.05) is 43.3 Å². The van der Waals surface area contributed by atoms with E-state index < -0.39 is 53.2 Å². The smallest absolute Gasteiger partial charge is 0.408 e. The summed E-state index contributed by atoms with van der Waals surface area (Å²) in [6.07, 6.45) is -5.97. The molecule has 0 aromatic heterocycles. The van der Waals surface area contributed by atoms with Gasteiger partial charge in [-0.25, -0.2) is 9.18 Å². The lowest BCUT2D eigenvalue weighted by atomic mass is 10.0. The third-order valence-corrected chi connectivity index (χ3v) is 5.11. The van der Waals surface area contributed by atoms with Gasteiger partial charge in [0, 0.05) is 6.42 Å². The molecule has 37 heavy (non-hydrogen) atoms. The predicted molar refractivity (Wildman–Crippen MR) is 128 cm³/mol. The molecule has 202 valence electrons. The fourth-order valence-electron chi connectivity index (χ4n) is 3.17. The number of amides is 2. The van der Waals surface area contributed by atoms with Gasteiger partial charge in [-0.05, 0) is 50.5 Å². The van der Waals surface area contributed by atoms with Crippen LogP contribution in [0, 0.1) is 11.7 Å². The molecule has 0 bridgehead atoms. The van der Waals surface area contributed by atoms with Gasteiger partial charge in [0.1, 0.15) is 24.1 Å². The number of carbonyl (C=O) groups is 3. The number of hydrogen-bond acceptors (Lipinski definition) is 5.